The first-order chi connectivity index (χ1) is 7.66. The molecule has 0 aromatic rings. The summed E-state index contributed by atoms with van der Waals surface area (Å²) >= 11 is 0. The van der Waals surface area contributed by atoms with Crippen LogP contribution in [0.4, 0.5) is 8.78 Å². The molecule has 1 fully saturated rings. The van der Waals surface area contributed by atoms with Crippen molar-refractivity contribution in [3.8, 4) is 0 Å². The molecule has 1 saturated heterocycles. The van der Waals surface area contributed by atoms with E-state index in [4.69, 9.17) is 4.74 Å². The maximum atomic E-state index is 13.7. The number of ether oxygens (including phenoxy) is 1. The Morgan fingerprint density at radius 3 is 2.29 bits per heavy atom. The van der Waals surface area contributed by atoms with Crippen LogP contribution in [0, 0.1) is 10.8 Å². The molecule has 1 nitrogen and oxygen atoms in total. The van der Waals surface area contributed by atoms with Gasteiger partial charge in [0.2, 0.25) is 0 Å². The van der Waals surface area contributed by atoms with Crippen molar-refractivity contribution in [3.63, 3.8) is 0 Å². The van der Waals surface area contributed by atoms with E-state index in [0.717, 1.165) is 32.5 Å². The second kappa shape index (κ2) is 5.21. The number of unbranched alkanes of at least 4 members (excludes halogenated alkanes) is 1. The molecule has 0 radical (unpaired) electrons. The van der Waals surface area contributed by atoms with E-state index in [1.807, 2.05) is 0 Å². The van der Waals surface area contributed by atoms with Gasteiger partial charge in [-0.15, -0.1) is 0 Å². The lowest BCUT2D eigenvalue weighted by atomic mass is 9.82. The van der Waals surface area contributed by atoms with Crippen LogP contribution >= 0.6 is 0 Å². The van der Waals surface area contributed by atoms with Crippen molar-refractivity contribution in [1.29, 1.82) is 0 Å². The Hall–Kier alpha value is -0.180. The number of alkyl halides is 2. The van der Waals surface area contributed by atoms with Crippen molar-refractivity contribution in [2.75, 3.05) is 13.2 Å². The molecular formula is C14H26F2O. The number of rotatable bonds is 5. The van der Waals surface area contributed by atoms with Gasteiger partial charge in [-0.05, 0) is 24.7 Å². The smallest absolute Gasteiger partial charge is 0.252 e. The minimum Gasteiger partial charge on any atom is -0.381 e. The Morgan fingerprint density at radius 1 is 1.18 bits per heavy atom. The predicted octanol–water partition coefficient (Wildman–Crippen LogP) is 4.65. The average molecular weight is 248 g/mol. The van der Waals surface area contributed by atoms with Gasteiger partial charge in [-0.25, -0.2) is 8.78 Å². The first-order valence-corrected chi connectivity index (χ1v) is 6.62. The lowest BCUT2D eigenvalue weighted by molar-refractivity contribution is -0.104. The highest BCUT2D eigenvalue weighted by atomic mass is 19.3. The Morgan fingerprint density at radius 2 is 1.82 bits per heavy atom. The molecule has 102 valence electrons. The summed E-state index contributed by atoms with van der Waals surface area (Å²) in [7, 11) is 0. The third-order valence-electron chi connectivity index (χ3n) is 3.92. The summed E-state index contributed by atoms with van der Waals surface area (Å²) in [5.74, 6) is -2.56. The molecule has 3 heteroatoms. The highest BCUT2D eigenvalue weighted by molar-refractivity contribution is 4.82. The van der Waals surface area contributed by atoms with Crippen LogP contribution in [0.15, 0.2) is 0 Å². The van der Waals surface area contributed by atoms with E-state index < -0.39 is 11.3 Å². The van der Waals surface area contributed by atoms with Gasteiger partial charge >= 0.3 is 0 Å². The van der Waals surface area contributed by atoms with Gasteiger partial charge in [0.1, 0.15) is 0 Å². The summed E-state index contributed by atoms with van der Waals surface area (Å²) < 4.78 is 32.8. The largest absolute Gasteiger partial charge is 0.381 e. The second-order valence-corrected chi connectivity index (χ2v) is 6.77. The van der Waals surface area contributed by atoms with Gasteiger partial charge in [-0.3, -0.25) is 0 Å². The first-order valence-electron chi connectivity index (χ1n) is 6.62. The van der Waals surface area contributed by atoms with Crippen LogP contribution in [-0.2, 0) is 4.74 Å². The van der Waals surface area contributed by atoms with Crippen LogP contribution in [0.5, 0.6) is 0 Å². The molecule has 1 rings (SSSR count). The molecule has 1 atom stereocenters. The summed E-state index contributed by atoms with van der Waals surface area (Å²) in [6.07, 6.45) is 3.58. The van der Waals surface area contributed by atoms with Crippen LogP contribution in [-0.4, -0.2) is 19.1 Å². The molecule has 0 spiro atoms. The van der Waals surface area contributed by atoms with E-state index in [1.54, 1.807) is 20.8 Å². The average Bonchev–Trinajstić information content (AvgIpc) is 2.59. The minimum atomic E-state index is -2.56. The van der Waals surface area contributed by atoms with E-state index in [2.05, 4.69) is 6.92 Å². The fourth-order valence-electron chi connectivity index (χ4n) is 2.18. The third-order valence-corrected chi connectivity index (χ3v) is 3.92. The van der Waals surface area contributed by atoms with E-state index in [9.17, 15) is 8.78 Å². The van der Waals surface area contributed by atoms with Crippen LogP contribution < -0.4 is 0 Å². The van der Waals surface area contributed by atoms with Gasteiger partial charge in [-0.1, -0.05) is 34.1 Å². The molecule has 17 heavy (non-hydrogen) atoms. The zero-order valence-corrected chi connectivity index (χ0v) is 11.6. The highest BCUT2D eigenvalue weighted by Gasteiger charge is 2.42. The zero-order chi connectivity index (χ0) is 13.2. The lowest BCUT2D eigenvalue weighted by Crippen LogP contribution is -2.33. The molecule has 1 heterocycles. The molecular weight excluding hydrogens is 222 g/mol. The SMILES string of the molecule is CC1(CCCCC(F)(F)C(C)(C)C)CCOC1. The Balaban J connectivity index is 2.24. The van der Waals surface area contributed by atoms with Crippen molar-refractivity contribution in [2.45, 2.75) is 65.7 Å². The second-order valence-electron chi connectivity index (χ2n) is 6.77. The van der Waals surface area contributed by atoms with Gasteiger partial charge in [-0.2, -0.15) is 0 Å². The van der Waals surface area contributed by atoms with Crippen molar-refractivity contribution < 1.29 is 13.5 Å². The highest BCUT2D eigenvalue weighted by Crippen LogP contribution is 2.40. The van der Waals surface area contributed by atoms with E-state index >= 15 is 0 Å². The Bertz CT molecular complexity index is 237. The normalized spacial score (nSPS) is 26.5. The number of halogens is 2. The fraction of sp³-hybridized carbons (Fsp3) is 1.00. The predicted molar refractivity (Wildman–Crippen MR) is 66.4 cm³/mol. The molecule has 0 saturated carbocycles. The van der Waals surface area contributed by atoms with E-state index in [0.29, 0.717) is 6.42 Å². The Labute approximate surface area is 104 Å². The van der Waals surface area contributed by atoms with Crippen LogP contribution in [0.2, 0.25) is 0 Å². The fourth-order valence-corrected chi connectivity index (χ4v) is 2.18. The van der Waals surface area contributed by atoms with Gasteiger partial charge in [0, 0.05) is 18.4 Å². The lowest BCUT2D eigenvalue weighted by Gasteiger charge is -2.30. The first kappa shape index (κ1) is 14.9. The molecule has 1 unspecified atom stereocenters. The van der Waals surface area contributed by atoms with Gasteiger partial charge in [0.15, 0.2) is 0 Å². The van der Waals surface area contributed by atoms with E-state index in [1.165, 1.54) is 0 Å². The maximum Gasteiger partial charge on any atom is 0.252 e. The molecule has 0 N–H and O–H groups in total. The zero-order valence-electron chi connectivity index (χ0n) is 11.6. The van der Waals surface area contributed by atoms with Gasteiger partial charge in [0.05, 0.1) is 6.61 Å². The van der Waals surface area contributed by atoms with Crippen LogP contribution in [0.3, 0.4) is 0 Å². The number of hydrogen-bond acceptors (Lipinski definition) is 1. The standard InChI is InChI=1S/C14H26F2O/c1-12(2,3)14(15,16)8-6-5-7-13(4)9-10-17-11-13/h5-11H2,1-4H3. The molecule has 1 aliphatic rings. The van der Waals surface area contributed by atoms with Gasteiger partial charge < -0.3 is 4.74 Å². The van der Waals surface area contributed by atoms with E-state index in [-0.39, 0.29) is 11.8 Å². The van der Waals surface area contributed by atoms with Crippen molar-refractivity contribution in [2.24, 2.45) is 10.8 Å². The van der Waals surface area contributed by atoms with Crippen molar-refractivity contribution in [1.82, 2.24) is 0 Å². The maximum absolute atomic E-state index is 13.7. The molecule has 0 aromatic heterocycles. The summed E-state index contributed by atoms with van der Waals surface area (Å²) in [6.45, 7) is 8.65. The topological polar surface area (TPSA) is 9.23 Å². The third kappa shape index (κ3) is 4.20. The molecule has 0 bridgehead atoms. The summed E-state index contributed by atoms with van der Waals surface area (Å²) in [5.41, 5.74) is -0.690. The summed E-state index contributed by atoms with van der Waals surface area (Å²) in [6, 6.07) is 0. The van der Waals surface area contributed by atoms with Crippen molar-refractivity contribution in [3.05, 3.63) is 0 Å². The summed E-state index contributed by atoms with van der Waals surface area (Å²) in [4.78, 5) is 0. The molecule has 0 amide bonds. The Kier molecular flexibility index (Phi) is 4.56. The monoisotopic (exact) mass is 248 g/mol. The van der Waals surface area contributed by atoms with Crippen LogP contribution in [0.1, 0.15) is 59.8 Å². The van der Waals surface area contributed by atoms with Crippen molar-refractivity contribution >= 4 is 0 Å². The summed E-state index contributed by atoms with van der Waals surface area (Å²) in [5, 5.41) is 0. The molecule has 1 aliphatic heterocycles. The number of hydrogen-bond donors (Lipinski definition) is 0. The van der Waals surface area contributed by atoms with Gasteiger partial charge in [0.25, 0.3) is 5.92 Å². The quantitative estimate of drug-likeness (QED) is 0.643. The molecule has 0 aromatic carbocycles. The molecule has 0 aliphatic carbocycles. The minimum absolute atomic E-state index is 0.00738. The van der Waals surface area contributed by atoms with Crippen LogP contribution in [0.25, 0.3) is 0 Å².